The summed E-state index contributed by atoms with van der Waals surface area (Å²) in [5, 5.41) is 0. The molecule has 0 saturated carbocycles. The maximum absolute atomic E-state index is 13.9. The van der Waals surface area contributed by atoms with Crippen LogP contribution in [0.5, 0.6) is 0 Å². The molecular weight excluding hydrogens is 286 g/mol. The van der Waals surface area contributed by atoms with Crippen LogP contribution in [-0.4, -0.2) is 5.79 Å². The first-order chi connectivity index (χ1) is 10.4. The number of ether oxygens (including phenoxy) is 2. The molecule has 1 aliphatic heterocycles. The predicted octanol–water partition coefficient (Wildman–Crippen LogP) is 4.84. The highest BCUT2D eigenvalue weighted by Gasteiger charge is 2.43. The van der Waals surface area contributed by atoms with E-state index in [4.69, 9.17) is 9.47 Å². The molecule has 2 nitrogen and oxygen atoms in total. The molecule has 1 saturated heterocycles. The number of hydrogen-bond acceptors (Lipinski definition) is 2. The average Bonchev–Trinajstić information content (AvgIpc) is 2.78. The summed E-state index contributed by atoms with van der Waals surface area (Å²) in [6.45, 7) is 5.31. The third kappa shape index (κ3) is 2.76. The SMILES string of the molecule is Cc1c(F)cccc1[C@H]1OC(C)(C)O[C@@H]1c1cccc(F)c1. The second kappa shape index (κ2) is 5.45. The Balaban J connectivity index is 2.06. The normalized spacial score (nSPS) is 23.7. The second-order valence-electron chi connectivity index (χ2n) is 5.99. The van der Waals surface area contributed by atoms with E-state index in [0.29, 0.717) is 11.1 Å². The molecule has 22 heavy (non-hydrogen) atoms. The van der Waals surface area contributed by atoms with E-state index in [1.165, 1.54) is 18.2 Å². The monoisotopic (exact) mass is 304 g/mol. The maximum atomic E-state index is 13.9. The smallest absolute Gasteiger partial charge is 0.164 e. The Labute approximate surface area is 128 Å². The van der Waals surface area contributed by atoms with E-state index < -0.39 is 18.0 Å². The summed E-state index contributed by atoms with van der Waals surface area (Å²) in [5.41, 5.74) is 1.93. The Kier molecular flexibility index (Phi) is 3.75. The van der Waals surface area contributed by atoms with E-state index in [1.54, 1.807) is 39.0 Å². The first-order valence-corrected chi connectivity index (χ1v) is 7.23. The topological polar surface area (TPSA) is 18.5 Å². The Bertz CT molecular complexity index is 697. The van der Waals surface area contributed by atoms with Gasteiger partial charge in [0.1, 0.15) is 23.8 Å². The van der Waals surface area contributed by atoms with E-state index >= 15 is 0 Å². The molecule has 0 amide bonds. The van der Waals surface area contributed by atoms with Crippen LogP contribution in [0.25, 0.3) is 0 Å². The quantitative estimate of drug-likeness (QED) is 0.790. The lowest BCUT2D eigenvalue weighted by molar-refractivity contribution is -0.147. The summed E-state index contributed by atoms with van der Waals surface area (Å²) in [6.07, 6.45) is -0.960. The molecule has 1 fully saturated rings. The van der Waals surface area contributed by atoms with Crippen molar-refractivity contribution < 1.29 is 18.3 Å². The molecule has 116 valence electrons. The summed E-state index contributed by atoms with van der Waals surface area (Å²) in [5.74, 6) is -1.44. The zero-order valence-electron chi connectivity index (χ0n) is 12.8. The summed E-state index contributed by atoms with van der Waals surface area (Å²) < 4.78 is 39.3. The molecule has 1 heterocycles. The zero-order valence-corrected chi connectivity index (χ0v) is 12.8. The van der Waals surface area contributed by atoms with Gasteiger partial charge in [-0.1, -0.05) is 24.3 Å². The molecule has 0 unspecified atom stereocenters. The zero-order chi connectivity index (χ0) is 15.9. The maximum Gasteiger partial charge on any atom is 0.164 e. The lowest BCUT2D eigenvalue weighted by Gasteiger charge is -2.19. The van der Waals surface area contributed by atoms with Gasteiger partial charge in [0.05, 0.1) is 0 Å². The molecule has 2 atom stereocenters. The van der Waals surface area contributed by atoms with Gasteiger partial charge in [-0.2, -0.15) is 0 Å². The van der Waals surface area contributed by atoms with E-state index in [9.17, 15) is 8.78 Å². The summed E-state index contributed by atoms with van der Waals surface area (Å²) >= 11 is 0. The van der Waals surface area contributed by atoms with Crippen molar-refractivity contribution in [2.75, 3.05) is 0 Å². The van der Waals surface area contributed by atoms with Crippen molar-refractivity contribution in [2.45, 2.75) is 38.8 Å². The Morgan fingerprint density at radius 1 is 0.955 bits per heavy atom. The van der Waals surface area contributed by atoms with Crippen LogP contribution in [0.15, 0.2) is 42.5 Å². The number of benzene rings is 2. The molecule has 0 N–H and O–H groups in total. The first-order valence-electron chi connectivity index (χ1n) is 7.23. The van der Waals surface area contributed by atoms with Gasteiger partial charge in [-0.25, -0.2) is 8.78 Å². The molecule has 0 aliphatic carbocycles. The molecule has 1 aliphatic rings. The van der Waals surface area contributed by atoms with Crippen LogP contribution >= 0.6 is 0 Å². The number of hydrogen-bond donors (Lipinski definition) is 0. The fourth-order valence-corrected chi connectivity index (χ4v) is 2.85. The van der Waals surface area contributed by atoms with Crippen LogP contribution in [0.4, 0.5) is 8.78 Å². The summed E-state index contributed by atoms with van der Waals surface area (Å²) in [6, 6.07) is 11.1. The van der Waals surface area contributed by atoms with E-state index in [0.717, 1.165) is 5.56 Å². The van der Waals surface area contributed by atoms with Crippen LogP contribution in [0.2, 0.25) is 0 Å². The molecule has 2 aromatic rings. The van der Waals surface area contributed by atoms with Crippen molar-refractivity contribution in [3.63, 3.8) is 0 Å². The minimum absolute atomic E-state index is 0.288. The fraction of sp³-hybridized carbons (Fsp3) is 0.333. The van der Waals surface area contributed by atoms with Gasteiger partial charge in [-0.3, -0.25) is 0 Å². The molecule has 2 aromatic carbocycles. The summed E-state index contributed by atoms with van der Waals surface area (Å²) in [4.78, 5) is 0. The van der Waals surface area contributed by atoms with Gasteiger partial charge in [0, 0.05) is 0 Å². The highest BCUT2D eigenvalue weighted by atomic mass is 19.1. The third-order valence-electron chi connectivity index (χ3n) is 3.89. The van der Waals surface area contributed by atoms with Gasteiger partial charge in [0.2, 0.25) is 0 Å². The van der Waals surface area contributed by atoms with Crippen LogP contribution < -0.4 is 0 Å². The predicted molar refractivity (Wildman–Crippen MR) is 79.3 cm³/mol. The highest BCUT2D eigenvalue weighted by molar-refractivity contribution is 5.33. The van der Waals surface area contributed by atoms with Gasteiger partial charge in [0.25, 0.3) is 0 Å². The molecule has 3 rings (SSSR count). The van der Waals surface area contributed by atoms with Crippen molar-refractivity contribution >= 4 is 0 Å². The lowest BCUT2D eigenvalue weighted by atomic mass is 9.95. The third-order valence-corrected chi connectivity index (χ3v) is 3.89. The molecular formula is C18H18F2O2. The van der Waals surface area contributed by atoms with Crippen LogP contribution in [-0.2, 0) is 9.47 Å². The first kappa shape index (κ1) is 15.1. The highest BCUT2D eigenvalue weighted by Crippen LogP contribution is 2.47. The minimum Gasteiger partial charge on any atom is -0.339 e. The lowest BCUT2D eigenvalue weighted by Crippen LogP contribution is -2.20. The largest absolute Gasteiger partial charge is 0.339 e. The van der Waals surface area contributed by atoms with Crippen molar-refractivity contribution in [1.29, 1.82) is 0 Å². The Morgan fingerprint density at radius 2 is 1.64 bits per heavy atom. The second-order valence-corrected chi connectivity index (χ2v) is 5.99. The van der Waals surface area contributed by atoms with Gasteiger partial charge in [-0.05, 0) is 55.7 Å². The molecule has 0 bridgehead atoms. The van der Waals surface area contributed by atoms with Crippen LogP contribution in [0, 0.1) is 18.6 Å². The van der Waals surface area contributed by atoms with Gasteiger partial charge in [-0.15, -0.1) is 0 Å². The molecule has 0 radical (unpaired) electrons. The van der Waals surface area contributed by atoms with Crippen molar-refractivity contribution in [3.05, 3.63) is 70.8 Å². The van der Waals surface area contributed by atoms with Gasteiger partial charge in [0.15, 0.2) is 5.79 Å². The standard InChI is InChI=1S/C18H18F2O2/c1-11-14(8-5-9-15(11)20)17-16(21-18(2,3)22-17)12-6-4-7-13(19)10-12/h4-10,16-17H,1-3H3/t16-,17-/m1/s1. The average molecular weight is 304 g/mol. The minimum atomic E-state index is -0.819. The molecule has 0 aromatic heterocycles. The van der Waals surface area contributed by atoms with Crippen LogP contribution in [0.3, 0.4) is 0 Å². The Morgan fingerprint density at radius 3 is 2.36 bits per heavy atom. The van der Waals surface area contributed by atoms with Gasteiger partial charge >= 0.3 is 0 Å². The Hall–Kier alpha value is -1.78. The summed E-state index contributed by atoms with van der Waals surface area (Å²) in [7, 11) is 0. The van der Waals surface area contributed by atoms with Gasteiger partial charge < -0.3 is 9.47 Å². The van der Waals surface area contributed by atoms with Crippen LogP contribution in [0.1, 0.15) is 42.7 Å². The van der Waals surface area contributed by atoms with Crippen molar-refractivity contribution in [2.24, 2.45) is 0 Å². The van der Waals surface area contributed by atoms with Crippen molar-refractivity contribution in [1.82, 2.24) is 0 Å². The molecule has 4 heteroatoms. The van der Waals surface area contributed by atoms with E-state index in [2.05, 4.69) is 0 Å². The fourth-order valence-electron chi connectivity index (χ4n) is 2.85. The van der Waals surface area contributed by atoms with E-state index in [1.807, 2.05) is 6.07 Å². The number of halogens is 2. The van der Waals surface area contributed by atoms with E-state index in [-0.39, 0.29) is 11.6 Å². The number of rotatable bonds is 2. The molecule has 0 spiro atoms. The van der Waals surface area contributed by atoms with Crippen molar-refractivity contribution in [3.8, 4) is 0 Å².